The second-order valence-electron chi connectivity index (χ2n) is 7.55. The number of nitrogens with zero attached hydrogens (tertiary/aromatic N) is 2. The van der Waals surface area contributed by atoms with Crippen molar-refractivity contribution in [3.63, 3.8) is 0 Å². The number of methoxy groups -OCH3 is 2. The van der Waals surface area contributed by atoms with E-state index in [9.17, 15) is 13.2 Å². The van der Waals surface area contributed by atoms with Gasteiger partial charge < -0.3 is 9.47 Å². The summed E-state index contributed by atoms with van der Waals surface area (Å²) in [5, 5.41) is 5.01. The molecule has 1 saturated heterocycles. The van der Waals surface area contributed by atoms with Crippen molar-refractivity contribution in [1.29, 1.82) is 0 Å². The maximum absolute atomic E-state index is 12.8. The number of benzene rings is 2. The van der Waals surface area contributed by atoms with Crippen molar-refractivity contribution in [2.24, 2.45) is 0 Å². The number of hydrogen-bond acceptors (Lipinski definition) is 7. The molecule has 0 atom stereocenters. The first-order valence-electron chi connectivity index (χ1n) is 10.5. The van der Waals surface area contributed by atoms with E-state index >= 15 is 0 Å². The third-order valence-corrected chi connectivity index (χ3v) is 8.15. The van der Waals surface area contributed by atoms with Gasteiger partial charge in [-0.1, -0.05) is 6.42 Å². The zero-order chi connectivity index (χ0) is 23.4. The normalized spacial score (nSPS) is 14.6. The molecule has 0 saturated carbocycles. The minimum Gasteiger partial charge on any atom is -0.497 e. The molecule has 0 bridgehead atoms. The fourth-order valence-corrected chi connectivity index (χ4v) is 5.89. The van der Waals surface area contributed by atoms with Gasteiger partial charge in [0.15, 0.2) is 5.13 Å². The minimum absolute atomic E-state index is 0.197. The lowest BCUT2D eigenvalue weighted by Gasteiger charge is -2.25. The number of aromatic nitrogens is 1. The van der Waals surface area contributed by atoms with Gasteiger partial charge in [-0.2, -0.15) is 4.31 Å². The lowest BCUT2D eigenvalue weighted by molar-refractivity contribution is 0.102. The molecule has 0 aliphatic carbocycles. The van der Waals surface area contributed by atoms with E-state index in [0.717, 1.165) is 24.8 Å². The molecule has 1 amide bonds. The molecule has 8 nitrogen and oxygen atoms in total. The molecular formula is C23H25N3O5S2. The number of rotatable bonds is 7. The van der Waals surface area contributed by atoms with Crippen LogP contribution in [0.3, 0.4) is 0 Å². The van der Waals surface area contributed by atoms with Gasteiger partial charge in [-0.25, -0.2) is 13.4 Å². The van der Waals surface area contributed by atoms with E-state index in [1.165, 1.54) is 39.9 Å². The summed E-state index contributed by atoms with van der Waals surface area (Å²) in [5.41, 5.74) is 1.75. The Morgan fingerprint density at radius 3 is 2.42 bits per heavy atom. The van der Waals surface area contributed by atoms with Gasteiger partial charge in [0.1, 0.15) is 11.5 Å². The summed E-state index contributed by atoms with van der Waals surface area (Å²) >= 11 is 1.28. The first-order chi connectivity index (χ1) is 15.9. The summed E-state index contributed by atoms with van der Waals surface area (Å²) in [4.78, 5) is 17.4. The third-order valence-electron chi connectivity index (χ3n) is 5.48. The number of thiazole rings is 1. The van der Waals surface area contributed by atoms with Gasteiger partial charge in [0.25, 0.3) is 5.91 Å². The second-order valence-corrected chi connectivity index (χ2v) is 10.3. The van der Waals surface area contributed by atoms with Crippen LogP contribution in [0.15, 0.2) is 52.7 Å². The van der Waals surface area contributed by atoms with E-state index < -0.39 is 10.0 Å². The largest absolute Gasteiger partial charge is 0.497 e. The van der Waals surface area contributed by atoms with E-state index in [2.05, 4.69) is 10.3 Å². The number of carbonyl (C=O) groups excluding carboxylic acids is 1. The number of nitrogens with one attached hydrogen (secondary N) is 1. The number of anilines is 1. The Balaban J connectivity index is 1.48. The molecule has 1 aliphatic rings. The standard InChI is InChI=1S/C23H25N3O5S2/c1-30-17-8-11-21(31-2)19(14-17)20-15-32-23(24-20)25-22(27)16-6-9-18(10-7-16)33(28,29)26-12-4-3-5-13-26/h6-11,14-15H,3-5,12-13H2,1-2H3,(H,24,25,27). The molecule has 0 unspecified atom stereocenters. The lowest BCUT2D eigenvalue weighted by Crippen LogP contribution is -2.35. The molecule has 3 aromatic rings. The molecule has 174 valence electrons. The SMILES string of the molecule is COc1ccc(OC)c(-c2csc(NC(=O)c3ccc(S(=O)(=O)N4CCCCC4)cc3)n2)c1. The van der Waals surface area contributed by atoms with Crippen LogP contribution in [0.1, 0.15) is 29.6 Å². The number of sulfonamides is 1. The molecule has 2 aromatic carbocycles. The van der Waals surface area contributed by atoms with Crippen LogP contribution in [0.2, 0.25) is 0 Å². The van der Waals surface area contributed by atoms with Gasteiger partial charge in [-0.3, -0.25) is 10.1 Å². The number of amides is 1. The molecule has 1 fully saturated rings. The molecular weight excluding hydrogens is 462 g/mol. The fourth-order valence-electron chi connectivity index (χ4n) is 3.67. The Kier molecular flexibility index (Phi) is 6.96. The molecule has 1 aromatic heterocycles. The highest BCUT2D eigenvalue weighted by molar-refractivity contribution is 7.89. The quantitative estimate of drug-likeness (QED) is 0.535. The highest BCUT2D eigenvalue weighted by Gasteiger charge is 2.26. The molecule has 33 heavy (non-hydrogen) atoms. The first-order valence-corrected chi connectivity index (χ1v) is 12.8. The molecule has 4 rings (SSSR count). The Hall–Kier alpha value is -2.95. The van der Waals surface area contributed by atoms with Gasteiger partial charge in [0.2, 0.25) is 10.0 Å². The smallest absolute Gasteiger partial charge is 0.257 e. The first kappa shape index (κ1) is 23.2. The van der Waals surface area contributed by atoms with Crippen LogP contribution < -0.4 is 14.8 Å². The predicted molar refractivity (Wildman–Crippen MR) is 128 cm³/mol. The highest BCUT2D eigenvalue weighted by Crippen LogP contribution is 2.35. The predicted octanol–water partition coefficient (Wildman–Crippen LogP) is 4.25. The van der Waals surface area contributed by atoms with Crippen molar-refractivity contribution in [1.82, 2.24) is 9.29 Å². The summed E-state index contributed by atoms with van der Waals surface area (Å²) < 4.78 is 37.8. The number of ether oxygens (including phenoxy) is 2. The second kappa shape index (κ2) is 9.90. The van der Waals surface area contributed by atoms with Crippen LogP contribution in [-0.2, 0) is 10.0 Å². The maximum Gasteiger partial charge on any atom is 0.257 e. The molecule has 1 N–H and O–H groups in total. The topological polar surface area (TPSA) is 97.8 Å². The van der Waals surface area contributed by atoms with Crippen LogP contribution >= 0.6 is 11.3 Å². The number of piperidine rings is 1. The minimum atomic E-state index is -3.53. The van der Waals surface area contributed by atoms with Crippen LogP contribution in [0.25, 0.3) is 11.3 Å². The average Bonchev–Trinajstić information content (AvgIpc) is 3.32. The Bertz CT molecular complexity index is 1230. The summed E-state index contributed by atoms with van der Waals surface area (Å²) in [7, 11) is -0.370. The van der Waals surface area contributed by atoms with Gasteiger partial charge in [0.05, 0.1) is 24.8 Å². The van der Waals surface area contributed by atoms with Crippen LogP contribution in [0.4, 0.5) is 5.13 Å². The number of carbonyl (C=O) groups is 1. The summed E-state index contributed by atoms with van der Waals surface area (Å²) in [6.45, 7) is 1.07. The van der Waals surface area contributed by atoms with Gasteiger partial charge in [0, 0.05) is 29.6 Å². The lowest BCUT2D eigenvalue weighted by atomic mass is 10.1. The van der Waals surface area contributed by atoms with Crippen molar-refractivity contribution >= 4 is 32.4 Å². The zero-order valence-electron chi connectivity index (χ0n) is 18.4. The molecule has 2 heterocycles. The van der Waals surface area contributed by atoms with Crippen LogP contribution in [0.5, 0.6) is 11.5 Å². The van der Waals surface area contributed by atoms with Crippen molar-refractivity contribution in [3.05, 3.63) is 53.4 Å². The van der Waals surface area contributed by atoms with Crippen LogP contribution in [-0.4, -0.2) is 50.9 Å². The average molecular weight is 488 g/mol. The Labute approximate surface area is 197 Å². The van der Waals surface area contributed by atoms with Gasteiger partial charge in [-0.05, 0) is 55.3 Å². The summed E-state index contributed by atoms with van der Waals surface area (Å²) in [6, 6.07) is 11.4. The Morgan fingerprint density at radius 2 is 1.76 bits per heavy atom. The van der Waals surface area contributed by atoms with E-state index in [-0.39, 0.29) is 10.8 Å². The Morgan fingerprint density at radius 1 is 1.03 bits per heavy atom. The third kappa shape index (κ3) is 5.02. The van der Waals surface area contributed by atoms with Crippen molar-refractivity contribution in [2.45, 2.75) is 24.2 Å². The zero-order valence-corrected chi connectivity index (χ0v) is 20.0. The molecule has 0 spiro atoms. The van der Waals surface area contributed by atoms with E-state index in [4.69, 9.17) is 9.47 Å². The van der Waals surface area contributed by atoms with Crippen molar-refractivity contribution in [2.75, 3.05) is 32.6 Å². The van der Waals surface area contributed by atoms with Crippen molar-refractivity contribution in [3.8, 4) is 22.8 Å². The molecule has 1 aliphatic heterocycles. The van der Waals surface area contributed by atoms with Gasteiger partial charge >= 0.3 is 0 Å². The summed E-state index contributed by atoms with van der Waals surface area (Å²) in [5.74, 6) is 0.948. The molecule has 0 radical (unpaired) electrons. The highest BCUT2D eigenvalue weighted by atomic mass is 32.2. The number of hydrogen-bond donors (Lipinski definition) is 1. The van der Waals surface area contributed by atoms with E-state index in [1.807, 2.05) is 11.4 Å². The maximum atomic E-state index is 12.8. The monoisotopic (exact) mass is 487 g/mol. The molecule has 10 heteroatoms. The van der Waals surface area contributed by atoms with Gasteiger partial charge in [-0.15, -0.1) is 11.3 Å². The van der Waals surface area contributed by atoms with Crippen LogP contribution in [0, 0.1) is 0 Å². The fraction of sp³-hybridized carbons (Fsp3) is 0.304. The van der Waals surface area contributed by atoms with E-state index in [0.29, 0.717) is 41.0 Å². The van der Waals surface area contributed by atoms with Crippen molar-refractivity contribution < 1.29 is 22.7 Å². The summed E-state index contributed by atoms with van der Waals surface area (Å²) in [6.07, 6.45) is 2.79. The van der Waals surface area contributed by atoms with E-state index in [1.54, 1.807) is 26.4 Å².